The van der Waals surface area contributed by atoms with Crippen LogP contribution in [-0.2, 0) is 0 Å². The molecule has 0 amide bonds. The minimum Gasteiger partial charge on any atom is -0.269 e. The van der Waals surface area contributed by atoms with Crippen molar-refractivity contribution in [1.29, 1.82) is 0 Å². The van der Waals surface area contributed by atoms with Crippen LogP contribution in [0.1, 0.15) is 26.2 Å². The minimum atomic E-state index is 0.676. The van der Waals surface area contributed by atoms with Crippen LogP contribution in [0.4, 0.5) is 0 Å². The summed E-state index contributed by atoms with van der Waals surface area (Å²) in [7, 11) is 0. The van der Waals surface area contributed by atoms with Crippen LogP contribution < -0.4 is 5.84 Å². The average molecular weight is 114 g/mol. The summed E-state index contributed by atoms with van der Waals surface area (Å²) >= 11 is 0. The highest BCUT2D eigenvalue weighted by molar-refractivity contribution is 4.72. The van der Waals surface area contributed by atoms with Crippen LogP contribution in [0.2, 0.25) is 0 Å². The first-order valence-electron chi connectivity index (χ1n) is 3.36. The van der Waals surface area contributed by atoms with Crippen LogP contribution in [-0.4, -0.2) is 17.6 Å². The quantitative estimate of drug-likeness (QED) is 0.509. The highest BCUT2D eigenvalue weighted by Gasteiger charge is 2.18. The molecular formula is C6H14N2. The van der Waals surface area contributed by atoms with Gasteiger partial charge in [-0.2, -0.15) is 0 Å². The number of nitrogens with two attached hydrogens (primary N) is 1. The highest BCUT2D eigenvalue weighted by Crippen LogP contribution is 2.14. The number of hydrogen-bond donors (Lipinski definition) is 1. The Kier molecular flexibility index (Phi) is 1.86. The maximum Gasteiger partial charge on any atom is 0.0239 e. The van der Waals surface area contributed by atoms with Gasteiger partial charge in [-0.1, -0.05) is 6.92 Å². The van der Waals surface area contributed by atoms with Crippen molar-refractivity contribution in [3.05, 3.63) is 0 Å². The Labute approximate surface area is 50.6 Å². The molecule has 1 aliphatic heterocycles. The fourth-order valence-electron chi connectivity index (χ4n) is 1.30. The molecule has 8 heavy (non-hydrogen) atoms. The number of hydrazine groups is 1. The summed E-state index contributed by atoms with van der Waals surface area (Å²) < 4.78 is 0. The maximum absolute atomic E-state index is 5.62. The standard InChI is InChI=1S/C6H14N2/c1-2-6-4-3-5-8(6)7/h6H,2-5,7H2,1H3. The van der Waals surface area contributed by atoms with Gasteiger partial charge in [-0.05, 0) is 19.3 Å². The van der Waals surface area contributed by atoms with Gasteiger partial charge in [0.15, 0.2) is 0 Å². The second kappa shape index (κ2) is 2.46. The Hall–Kier alpha value is -0.0800. The van der Waals surface area contributed by atoms with Crippen LogP contribution in [0.15, 0.2) is 0 Å². The SMILES string of the molecule is CCC1CCCN1N. The van der Waals surface area contributed by atoms with Gasteiger partial charge < -0.3 is 0 Å². The van der Waals surface area contributed by atoms with E-state index in [0.29, 0.717) is 6.04 Å². The topological polar surface area (TPSA) is 29.3 Å². The third kappa shape index (κ3) is 1.01. The summed E-state index contributed by atoms with van der Waals surface area (Å²) in [5.74, 6) is 5.62. The van der Waals surface area contributed by atoms with E-state index in [1.807, 2.05) is 5.01 Å². The van der Waals surface area contributed by atoms with Crippen LogP contribution in [0, 0.1) is 0 Å². The zero-order chi connectivity index (χ0) is 5.98. The van der Waals surface area contributed by atoms with Crippen LogP contribution in [0.5, 0.6) is 0 Å². The maximum atomic E-state index is 5.62. The Morgan fingerprint density at radius 2 is 2.50 bits per heavy atom. The van der Waals surface area contributed by atoms with Crippen molar-refractivity contribution in [1.82, 2.24) is 5.01 Å². The van der Waals surface area contributed by atoms with Crippen molar-refractivity contribution in [2.24, 2.45) is 5.84 Å². The summed E-state index contributed by atoms with van der Waals surface area (Å²) in [5, 5.41) is 1.96. The summed E-state index contributed by atoms with van der Waals surface area (Å²) in [6, 6.07) is 0.676. The predicted octanol–water partition coefficient (Wildman–Crippen LogP) is 0.734. The Bertz CT molecular complexity index is 72.9. The molecule has 0 saturated carbocycles. The summed E-state index contributed by atoms with van der Waals surface area (Å²) in [6.07, 6.45) is 3.79. The molecule has 0 radical (unpaired) electrons. The number of hydrogen-bond acceptors (Lipinski definition) is 2. The molecule has 1 saturated heterocycles. The largest absolute Gasteiger partial charge is 0.269 e. The van der Waals surface area contributed by atoms with Gasteiger partial charge in [0.1, 0.15) is 0 Å². The van der Waals surface area contributed by atoms with Crippen molar-refractivity contribution in [3.8, 4) is 0 Å². The smallest absolute Gasteiger partial charge is 0.0239 e. The van der Waals surface area contributed by atoms with Crippen molar-refractivity contribution >= 4 is 0 Å². The van der Waals surface area contributed by atoms with E-state index in [1.54, 1.807) is 0 Å². The first kappa shape index (κ1) is 6.05. The Morgan fingerprint density at radius 1 is 1.75 bits per heavy atom. The van der Waals surface area contributed by atoms with Crippen molar-refractivity contribution < 1.29 is 0 Å². The lowest BCUT2D eigenvalue weighted by Crippen LogP contribution is -2.35. The van der Waals surface area contributed by atoms with E-state index in [1.165, 1.54) is 19.3 Å². The summed E-state index contributed by atoms with van der Waals surface area (Å²) in [4.78, 5) is 0. The van der Waals surface area contributed by atoms with E-state index in [0.717, 1.165) is 6.54 Å². The molecule has 0 aromatic heterocycles. The first-order chi connectivity index (χ1) is 3.84. The zero-order valence-corrected chi connectivity index (χ0v) is 5.43. The molecule has 1 rings (SSSR count). The van der Waals surface area contributed by atoms with E-state index in [-0.39, 0.29) is 0 Å². The minimum absolute atomic E-state index is 0.676. The van der Waals surface area contributed by atoms with Gasteiger partial charge in [0.2, 0.25) is 0 Å². The molecule has 1 aliphatic rings. The fourth-order valence-corrected chi connectivity index (χ4v) is 1.30. The monoisotopic (exact) mass is 114 g/mol. The lowest BCUT2D eigenvalue weighted by molar-refractivity contribution is 0.256. The molecule has 1 heterocycles. The molecule has 48 valence electrons. The van der Waals surface area contributed by atoms with E-state index >= 15 is 0 Å². The summed E-state index contributed by atoms with van der Waals surface area (Å²) in [5.41, 5.74) is 0. The van der Waals surface area contributed by atoms with E-state index < -0.39 is 0 Å². The molecule has 1 fully saturated rings. The molecule has 0 aliphatic carbocycles. The van der Waals surface area contributed by atoms with Crippen molar-refractivity contribution in [2.45, 2.75) is 32.2 Å². The van der Waals surface area contributed by atoms with Gasteiger partial charge >= 0.3 is 0 Å². The van der Waals surface area contributed by atoms with Crippen LogP contribution >= 0.6 is 0 Å². The third-order valence-electron chi connectivity index (χ3n) is 1.89. The van der Waals surface area contributed by atoms with E-state index in [4.69, 9.17) is 5.84 Å². The molecule has 1 atom stereocenters. The molecule has 2 N–H and O–H groups in total. The molecule has 0 spiro atoms. The molecule has 0 aromatic carbocycles. The van der Waals surface area contributed by atoms with Crippen LogP contribution in [0.25, 0.3) is 0 Å². The van der Waals surface area contributed by atoms with Gasteiger partial charge in [0, 0.05) is 12.6 Å². The van der Waals surface area contributed by atoms with Crippen molar-refractivity contribution in [2.75, 3.05) is 6.54 Å². The second-order valence-electron chi connectivity index (χ2n) is 2.44. The molecule has 1 unspecified atom stereocenters. The molecule has 0 aromatic rings. The van der Waals surface area contributed by atoms with Gasteiger partial charge in [0.05, 0.1) is 0 Å². The van der Waals surface area contributed by atoms with Crippen molar-refractivity contribution in [3.63, 3.8) is 0 Å². The van der Waals surface area contributed by atoms with E-state index in [2.05, 4.69) is 6.92 Å². The average Bonchev–Trinajstić information content (AvgIpc) is 2.14. The third-order valence-corrected chi connectivity index (χ3v) is 1.89. The first-order valence-corrected chi connectivity index (χ1v) is 3.36. The zero-order valence-electron chi connectivity index (χ0n) is 5.43. The predicted molar refractivity (Wildman–Crippen MR) is 34.2 cm³/mol. The molecule has 2 nitrogen and oxygen atoms in total. The number of nitrogens with zero attached hydrogens (tertiary/aromatic N) is 1. The molecule has 2 heteroatoms. The second-order valence-corrected chi connectivity index (χ2v) is 2.44. The lowest BCUT2D eigenvalue weighted by atomic mass is 10.2. The fraction of sp³-hybridized carbons (Fsp3) is 1.00. The number of rotatable bonds is 1. The van der Waals surface area contributed by atoms with Gasteiger partial charge in [-0.3, -0.25) is 5.84 Å². The van der Waals surface area contributed by atoms with Gasteiger partial charge in [-0.15, -0.1) is 0 Å². The Morgan fingerprint density at radius 3 is 2.75 bits per heavy atom. The lowest BCUT2D eigenvalue weighted by Gasteiger charge is -2.15. The van der Waals surface area contributed by atoms with E-state index in [9.17, 15) is 0 Å². The van der Waals surface area contributed by atoms with Crippen LogP contribution in [0.3, 0.4) is 0 Å². The van der Waals surface area contributed by atoms with Gasteiger partial charge in [0.25, 0.3) is 0 Å². The Balaban J connectivity index is 2.30. The molecule has 0 bridgehead atoms. The highest BCUT2D eigenvalue weighted by atomic mass is 15.4. The summed E-state index contributed by atoms with van der Waals surface area (Å²) in [6.45, 7) is 3.29. The molecular weight excluding hydrogens is 100 g/mol. The normalized spacial score (nSPS) is 31.5. The van der Waals surface area contributed by atoms with Gasteiger partial charge in [-0.25, -0.2) is 5.01 Å².